The van der Waals surface area contributed by atoms with Crippen LogP contribution in [-0.2, 0) is 4.74 Å². The predicted molar refractivity (Wildman–Crippen MR) is 75.2 cm³/mol. The number of nitrogens with one attached hydrogen (secondary N) is 1. The van der Waals surface area contributed by atoms with Gasteiger partial charge in [0.05, 0.1) is 34.5 Å². The molecule has 0 saturated carbocycles. The highest BCUT2D eigenvalue weighted by Crippen LogP contribution is 2.21. The minimum absolute atomic E-state index is 0.146. The molecule has 0 spiro atoms. The van der Waals surface area contributed by atoms with Gasteiger partial charge in [0.2, 0.25) is 0 Å². The fourth-order valence-corrected chi connectivity index (χ4v) is 2.28. The third-order valence-electron chi connectivity index (χ3n) is 2.50. The van der Waals surface area contributed by atoms with Crippen LogP contribution in [0.4, 0.5) is 5.69 Å². The summed E-state index contributed by atoms with van der Waals surface area (Å²) in [5.41, 5.74) is 3.84. The fraction of sp³-hybridized carbons (Fsp3) is 0.462. The molecule has 4 nitrogen and oxygen atoms in total. The lowest BCUT2D eigenvalue weighted by atomic mass is 10.3. The van der Waals surface area contributed by atoms with Crippen molar-refractivity contribution in [2.75, 3.05) is 18.5 Å². The van der Waals surface area contributed by atoms with Gasteiger partial charge < -0.3 is 15.2 Å². The van der Waals surface area contributed by atoms with E-state index in [1.165, 1.54) is 0 Å². The molecule has 2 N–H and O–H groups in total. The average molecular weight is 266 g/mol. The van der Waals surface area contributed by atoms with Crippen molar-refractivity contribution in [3.8, 4) is 0 Å². The maximum absolute atomic E-state index is 9.74. The first-order chi connectivity index (χ1) is 8.65. The van der Waals surface area contributed by atoms with Crippen LogP contribution in [0.5, 0.6) is 0 Å². The molecule has 0 radical (unpaired) electrons. The Morgan fingerprint density at radius 3 is 3.06 bits per heavy atom. The molecule has 0 fully saturated rings. The third kappa shape index (κ3) is 3.66. The summed E-state index contributed by atoms with van der Waals surface area (Å²) < 4.78 is 6.50. The first kappa shape index (κ1) is 13.3. The number of aliphatic hydroxyl groups excluding tert-OH is 1. The van der Waals surface area contributed by atoms with Crippen molar-refractivity contribution in [2.45, 2.75) is 26.1 Å². The van der Waals surface area contributed by atoms with Crippen LogP contribution in [-0.4, -0.2) is 35.5 Å². The highest BCUT2D eigenvalue weighted by molar-refractivity contribution is 7.16. The Hall–Kier alpha value is -1.17. The molecule has 2 rings (SSSR count). The number of aliphatic hydroxyl groups is 1. The maximum Gasteiger partial charge on any atom is 0.0945 e. The monoisotopic (exact) mass is 266 g/mol. The summed E-state index contributed by atoms with van der Waals surface area (Å²) in [4.78, 5) is 4.23. The van der Waals surface area contributed by atoms with Gasteiger partial charge in [0.1, 0.15) is 0 Å². The quantitative estimate of drug-likeness (QED) is 0.843. The van der Waals surface area contributed by atoms with E-state index in [1.807, 2.05) is 37.6 Å². The highest BCUT2D eigenvalue weighted by Gasteiger charge is 2.06. The molecule has 1 aromatic carbocycles. The molecule has 0 aliphatic rings. The second-order valence-electron chi connectivity index (χ2n) is 4.45. The van der Waals surface area contributed by atoms with E-state index in [0.717, 1.165) is 15.9 Å². The molecule has 1 unspecified atom stereocenters. The van der Waals surface area contributed by atoms with E-state index >= 15 is 0 Å². The van der Waals surface area contributed by atoms with Gasteiger partial charge in [0, 0.05) is 12.2 Å². The molecular formula is C13H18N2O2S. The number of aromatic nitrogens is 1. The summed E-state index contributed by atoms with van der Waals surface area (Å²) in [7, 11) is 0. The summed E-state index contributed by atoms with van der Waals surface area (Å²) in [6, 6.07) is 5.99. The minimum Gasteiger partial charge on any atom is -0.389 e. The zero-order valence-corrected chi connectivity index (χ0v) is 11.4. The first-order valence-corrected chi connectivity index (χ1v) is 6.90. The summed E-state index contributed by atoms with van der Waals surface area (Å²) in [6.07, 6.45) is -0.349. The summed E-state index contributed by atoms with van der Waals surface area (Å²) >= 11 is 1.61. The molecular weight excluding hydrogens is 248 g/mol. The van der Waals surface area contributed by atoms with Crippen LogP contribution in [0.1, 0.15) is 13.8 Å². The predicted octanol–water partition coefficient (Wildman–Crippen LogP) is 2.49. The van der Waals surface area contributed by atoms with Crippen LogP contribution in [0.15, 0.2) is 23.7 Å². The van der Waals surface area contributed by atoms with Gasteiger partial charge in [-0.25, -0.2) is 4.98 Å². The number of fused-ring (bicyclic) bond motifs is 1. The van der Waals surface area contributed by atoms with Crippen LogP contribution >= 0.6 is 11.3 Å². The lowest BCUT2D eigenvalue weighted by Gasteiger charge is -2.14. The Morgan fingerprint density at radius 2 is 2.28 bits per heavy atom. The summed E-state index contributed by atoms with van der Waals surface area (Å²) in [5.74, 6) is 0. The normalized spacial score (nSPS) is 13.1. The first-order valence-electron chi connectivity index (χ1n) is 6.02. The van der Waals surface area contributed by atoms with Crippen LogP contribution in [0.3, 0.4) is 0 Å². The molecule has 0 aliphatic carbocycles. The van der Waals surface area contributed by atoms with Crippen molar-refractivity contribution in [1.29, 1.82) is 0 Å². The second-order valence-corrected chi connectivity index (χ2v) is 5.34. The molecule has 18 heavy (non-hydrogen) atoms. The van der Waals surface area contributed by atoms with Crippen molar-refractivity contribution < 1.29 is 9.84 Å². The van der Waals surface area contributed by atoms with E-state index in [2.05, 4.69) is 10.3 Å². The summed E-state index contributed by atoms with van der Waals surface area (Å²) in [5, 5.41) is 12.9. The molecule has 1 atom stereocenters. The number of benzene rings is 1. The van der Waals surface area contributed by atoms with Gasteiger partial charge in [-0.3, -0.25) is 0 Å². The number of anilines is 1. The van der Waals surface area contributed by atoms with Gasteiger partial charge in [-0.2, -0.15) is 0 Å². The van der Waals surface area contributed by atoms with E-state index in [1.54, 1.807) is 11.3 Å². The molecule has 1 aromatic heterocycles. The molecule has 5 heteroatoms. The van der Waals surface area contributed by atoms with E-state index in [9.17, 15) is 5.11 Å². The zero-order chi connectivity index (χ0) is 13.0. The standard InChI is InChI=1S/C13H18N2O2S/c1-9(2)17-7-11(16)6-14-10-3-4-12-13(5-10)18-8-15-12/h3-5,8-9,11,14,16H,6-7H2,1-2H3. The van der Waals surface area contributed by atoms with Gasteiger partial charge >= 0.3 is 0 Å². The van der Waals surface area contributed by atoms with Crippen molar-refractivity contribution >= 4 is 27.2 Å². The molecule has 98 valence electrons. The van der Waals surface area contributed by atoms with Gasteiger partial charge in [-0.05, 0) is 32.0 Å². The Balaban J connectivity index is 1.85. The molecule has 0 amide bonds. The zero-order valence-electron chi connectivity index (χ0n) is 10.6. The topological polar surface area (TPSA) is 54.4 Å². The molecule has 0 saturated heterocycles. The van der Waals surface area contributed by atoms with Crippen LogP contribution < -0.4 is 5.32 Å². The number of rotatable bonds is 6. The van der Waals surface area contributed by atoms with Crippen LogP contribution in [0.2, 0.25) is 0 Å². The smallest absolute Gasteiger partial charge is 0.0945 e. The molecule has 1 heterocycles. The van der Waals surface area contributed by atoms with Crippen molar-refractivity contribution in [1.82, 2.24) is 4.98 Å². The molecule has 0 aliphatic heterocycles. The minimum atomic E-state index is -0.496. The van der Waals surface area contributed by atoms with Gasteiger partial charge in [-0.15, -0.1) is 11.3 Å². The number of ether oxygens (including phenoxy) is 1. The van der Waals surface area contributed by atoms with Crippen molar-refractivity contribution in [2.24, 2.45) is 0 Å². The van der Waals surface area contributed by atoms with Gasteiger partial charge in [-0.1, -0.05) is 0 Å². The third-order valence-corrected chi connectivity index (χ3v) is 3.29. The van der Waals surface area contributed by atoms with E-state index in [-0.39, 0.29) is 6.10 Å². The van der Waals surface area contributed by atoms with E-state index in [4.69, 9.17) is 4.74 Å². The Labute approximate surface area is 111 Å². The Kier molecular flexibility index (Phi) is 4.52. The number of nitrogens with zero attached hydrogens (tertiary/aromatic N) is 1. The van der Waals surface area contributed by atoms with Crippen LogP contribution in [0, 0.1) is 0 Å². The Bertz CT molecular complexity index is 498. The molecule has 0 bridgehead atoms. The largest absolute Gasteiger partial charge is 0.389 e. The van der Waals surface area contributed by atoms with Gasteiger partial charge in [0.25, 0.3) is 0 Å². The fourth-order valence-electron chi connectivity index (χ4n) is 1.56. The van der Waals surface area contributed by atoms with Crippen molar-refractivity contribution in [3.63, 3.8) is 0 Å². The average Bonchev–Trinajstić information content (AvgIpc) is 2.81. The maximum atomic E-state index is 9.74. The number of hydrogen-bond acceptors (Lipinski definition) is 5. The van der Waals surface area contributed by atoms with Gasteiger partial charge in [0.15, 0.2) is 0 Å². The SMILES string of the molecule is CC(C)OCC(O)CNc1ccc2ncsc2c1. The van der Waals surface area contributed by atoms with E-state index < -0.39 is 6.10 Å². The number of thiazole rings is 1. The number of hydrogen-bond donors (Lipinski definition) is 2. The summed E-state index contributed by atoms with van der Waals surface area (Å²) in [6.45, 7) is 4.75. The lowest BCUT2D eigenvalue weighted by Crippen LogP contribution is -2.26. The Morgan fingerprint density at radius 1 is 1.44 bits per heavy atom. The molecule has 2 aromatic rings. The van der Waals surface area contributed by atoms with Crippen molar-refractivity contribution in [3.05, 3.63) is 23.7 Å². The lowest BCUT2D eigenvalue weighted by molar-refractivity contribution is 0.0112. The second kappa shape index (κ2) is 6.13. The van der Waals surface area contributed by atoms with Crippen LogP contribution in [0.25, 0.3) is 10.2 Å². The highest BCUT2D eigenvalue weighted by atomic mass is 32.1. The van der Waals surface area contributed by atoms with E-state index in [0.29, 0.717) is 13.2 Å².